The molecule has 0 radical (unpaired) electrons. The van der Waals surface area contributed by atoms with Crippen LogP contribution >= 0.6 is 11.8 Å². The highest BCUT2D eigenvalue weighted by Gasteiger charge is 2.22. The van der Waals surface area contributed by atoms with E-state index in [1.807, 2.05) is 19.1 Å². The molecule has 36 heavy (non-hydrogen) atoms. The van der Waals surface area contributed by atoms with Gasteiger partial charge in [0.2, 0.25) is 12.7 Å². The molecule has 0 aliphatic carbocycles. The van der Waals surface area contributed by atoms with E-state index in [1.54, 1.807) is 42.5 Å². The quantitative estimate of drug-likeness (QED) is 0.326. The van der Waals surface area contributed by atoms with E-state index in [2.05, 4.69) is 15.6 Å². The van der Waals surface area contributed by atoms with Crippen LogP contribution in [0.5, 0.6) is 11.5 Å². The third-order valence-electron chi connectivity index (χ3n) is 5.27. The third kappa shape index (κ3) is 6.33. The lowest BCUT2D eigenvalue weighted by Crippen LogP contribution is -2.30. The van der Waals surface area contributed by atoms with Crippen LogP contribution in [0.15, 0.2) is 65.8 Å². The van der Waals surface area contributed by atoms with E-state index in [0.29, 0.717) is 27.9 Å². The van der Waals surface area contributed by atoms with Crippen LogP contribution in [0.25, 0.3) is 0 Å². The number of nitrogens with zero attached hydrogens (tertiary/aromatic N) is 1. The van der Waals surface area contributed by atoms with Gasteiger partial charge in [0.1, 0.15) is 5.03 Å². The first-order valence-corrected chi connectivity index (χ1v) is 12.3. The normalized spacial score (nSPS) is 12.5. The summed E-state index contributed by atoms with van der Waals surface area (Å²) >= 11 is 1.09. The Hall–Kier alpha value is -4.05. The molecule has 1 aliphatic rings. The van der Waals surface area contributed by atoms with Crippen molar-refractivity contribution in [3.8, 4) is 11.5 Å². The first-order chi connectivity index (χ1) is 17.4. The Morgan fingerprint density at radius 2 is 1.78 bits per heavy atom. The van der Waals surface area contributed by atoms with Crippen LogP contribution in [0.1, 0.15) is 29.8 Å². The number of esters is 1. The number of fused-ring (bicyclic) bond motifs is 1. The number of ether oxygens (including phenoxy) is 3. The zero-order valence-corrected chi connectivity index (χ0v) is 20.6. The molecule has 1 atom stereocenters. The number of rotatable bonds is 9. The maximum absolute atomic E-state index is 12.8. The SMILES string of the molecule is CCc1ccc(NC(=O)[C@@H](C)OC(=O)c2cccnc2SCC(=O)Nc2ccc3c(c2)OCO3)cc1. The number of amides is 2. The van der Waals surface area contributed by atoms with Crippen molar-refractivity contribution in [2.75, 3.05) is 23.2 Å². The Bertz CT molecular complexity index is 1260. The van der Waals surface area contributed by atoms with E-state index < -0.39 is 18.0 Å². The van der Waals surface area contributed by atoms with Crippen molar-refractivity contribution >= 4 is 40.9 Å². The lowest BCUT2D eigenvalue weighted by atomic mass is 10.1. The van der Waals surface area contributed by atoms with Gasteiger partial charge >= 0.3 is 5.97 Å². The maximum Gasteiger partial charge on any atom is 0.341 e. The second-order valence-electron chi connectivity index (χ2n) is 7.85. The number of nitrogens with one attached hydrogen (secondary N) is 2. The zero-order chi connectivity index (χ0) is 25.5. The maximum atomic E-state index is 12.8. The highest BCUT2D eigenvalue weighted by molar-refractivity contribution is 8.00. The zero-order valence-electron chi connectivity index (χ0n) is 19.8. The van der Waals surface area contributed by atoms with Crippen LogP contribution in [0.4, 0.5) is 11.4 Å². The predicted molar refractivity (Wildman–Crippen MR) is 135 cm³/mol. The van der Waals surface area contributed by atoms with Gasteiger partial charge in [0.15, 0.2) is 17.6 Å². The summed E-state index contributed by atoms with van der Waals surface area (Å²) in [7, 11) is 0. The molecular formula is C26H25N3O6S. The number of anilines is 2. The fourth-order valence-corrected chi connectivity index (χ4v) is 4.09. The highest BCUT2D eigenvalue weighted by atomic mass is 32.2. The summed E-state index contributed by atoms with van der Waals surface area (Å²) in [4.78, 5) is 41.9. The van der Waals surface area contributed by atoms with Crippen LogP contribution in [0, 0.1) is 0 Å². The van der Waals surface area contributed by atoms with Crippen molar-refractivity contribution in [1.82, 2.24) is 4.98 Å². The third-order valence-corrected chi connectivity index (χ3v) is 6.28. The smallest absolute Gasteiger partial charge is 0.341 e. The van der Waals surface area contributed by atoms with E-state index in [9.17, 15) is 14.4 Å². The molecule has 0 bridgehead atoms. The fourth-order valence-electron chi connectivity index (χ4n) is 3.31. The Morgan fingerprint density at radius 1 is 1.03 bits per heavy atom. The van der Waals surface area contributed by atoms with Gasteiger partial charge in [-0.05, 0) is 55.3 Å². The first kappa shape index (κ1) is 25.1. The molecule has 0 saturated carbocycles. The van der Waals surface area contributed by atoms with Gasteiger partial charge in [0, 0.05) is 23.6 Å². The van der Waals surface area contributed by atoms with Crippen LogP contribution in [0.3, 0.4) is 0 Å². The summed E-state index contributed by atoms with van der Waals surface area (Å²) in [6, 6.07) is 15.7. The number of carbonyl (C=O) groups is 3. The Labute approximate surface area is 212 Å². The van der Waals surface area contributed by atoms with Crippen LogP contribution in [-0.4, -0.2) is 41.4 Å². The van der Waals surface area contributed by atoms with Gasteiger partial charge in [-0.3, -0.25) is 9.59 Å². The van der Waals surface area contributed by atoms with Gasteiger partial charge in [0.25, 0.3) is 5.91 Å². The van der Waals surface area contributed by atoms with E-state index in [-0.39, 0.29) is 24.0 Å². The first-order valence-electron chi connectivity index (χ1n) is 11.3. The summed E-state index contributed by atoms with van der Waals surface area (Å²) in [6.45, 7) is 3.69. The molecule has 10 heteroatoms. The molecule has 186 valence electrons. The second-order valence-corrected chi connectivity index (χ2v) is 8.81. The fraction of sp³-hybridized carbons (Fsp3) is 0.231. The minimum atomic E-state index is -1.03. The van der Waals surface area contributed by atoms with Crippen molar-refractivity contribution in [3.63, 3.8) is 0 Å². The van der Waals surface area contributed by atoms with E-state index >= 15 is 0 Å². The van der Waals surface area contributed by atoms with Gasteiger partial charge in [-0.15, -0.1) is 0 Å². The van der Waals surface area contributed by atoms with Gasteiger partial charge in [-0.1, -0.05) is 30.8 Å². The lowest BCUT2D eigenvalue weighted by Gasteiger charge is -2.15. The second kappa shape index (κ2) is 11.6. The minimum absolute atomic E-state index is 0.00945. The molecule has 2 aromatic carbocycles. The summed E-state index contributed by atoms with van der Waals surface area (Å²) in [5, 5.41) is 5.84. The number of pyridine rings is 1. The van der Waals surface area contributed by atoms with E-state index in [1.165, 1.54) is 13.1 Å². The number of aromatic nitrogens is 1. The molecule has 0 spiro atoms. The molecule has 2 heterocycles. The van der Waals surface area contributed by atoms with Gasteiger partial charge < -0.3 is 24.8 Å². The van der Waals surface area contributed by atoms with Gasteiger partial charge in [-0.2, -0.15) is 0 Å². The number of thioether (sulfide) groups is 1. The number of carbonyl (C=O) groups excluding carboxylic acids is 3. The van der Waals surface area contributed by atoms with Crippen molar-refractivity contribution in [2.24, 2.45) is 0 Å². The predicted octanol–water partition coefficient (Wildman–Crippen LogP) is 4.29. The molecule has 0 fully saturated rings. The van der Waals surface area contributed by atoms with Crippen LogP contribution in [0.2, 0.25) is 0 Å². The average molecular weight is 508 g/mol. The largest absolute Gasteiger partial charge is 0.454 e. The Kier molecular flexibility index (Phi) is 8.06. The van der Waals surface area contributed by atoms with Crippen molar-refractivity contribution < 1.29 is 28.6 Å². The average Bonchev–Trinajstić information content (AvgIpc) is 3.36. The molecule has 1 aliphatic heterocycles. The number of benzene rings is 2. The number of aryl methyl sites for hydroxylation is 1. The summed E-state index contributed by atoms with van der Waals surface area (Å²) < 4.78 is 15.9. The van der Waals surface area contributed by atoms with Crippen LogP contribution < -0.4 is 20.1 Å². The number of hydrogen-bond donors (Lipinski definition) is 2. The molecule has 2 N–H and O–H groups in total. The lowest BCUT2D eigenvalue weighted by molar-refractivity contribution is -0.123. The summed E-state index contributed by atoms with van der Waals surface area (Å²) in [5.74, 6) is -0.247. The van der Waals surface area contributed by atoms with Gasteiger partial charge in [-0.25, -0.2) is 9.78 Å². The van der Waals surface area contributed by atoms with Gasteiger partial charge in [0.05, 0.1) is 11.3 Å². The molecule has 9 nitrogen and oxygen atoms in total. The van der Waals surface area contributed by atoms with Crippen molar-refractivity contribution in [3.05, 3.63) is 71.9 Å². The monoisotopic (exact) mass is 507 g/mol. The molecule has 2 amide bonds. The molecule has 1 aromatic heterocycles. The molecule has 3 aromatic rings. The standard InChI is InChI=1S/C26H25N3O6S/c1-3-17-6-8-18(9-7-17)29-24(31)16(2)35-26(32)20-5-4-12-27-25(20)36-14-23(30)28-19-10-11-21-22(13-19)34-15-33-21/h4-13,16H,3,14-15H2,1-2H3,(H,28,30)(H,29,31)/t16-/m1/s1. The topological polar surface area (TPSA) is 116 Å². The molecule has 0 unspecified atom stereocenters. The summed E-state index contributed by atoms with van der Waals surface area (Å²) in [5.41, 5.74) is 2.50. The number of hydrogen-bond acceptors (Lipinski definition) is 8. The van der Waals surface area contributed by atoms with Crippen molar-refractivity contribution in [1.29, 1.82) is 0 Å². The van der Waals surface area contributed by atoms with E-state index in [0.717, 1.165) is 23.7 Å². The Balaban J connectivity index is 1.32. The Morgan fingerprint density at radius 3 is 2.56 bits per heavy atom. The van der Waals surface area contributed by atoms with Crippen LogP contribution in [-0.2, 0) is 20.7 Å². The molecule has 4 rings (SSSR count). The van der Waals surface area contributed by atoms with Crippen molar-refractivity contribution in [2.45, 2.75) is 31.4 Å². The summed E-state index contributed by atoms with van der Waals surface area (Å²) in [6.07, 6.45) is 1.38. The highest BCUT2D eigenvalue weighted by Crippen LogP contribution is 2.34. The van der Waals surface area contributed by atoms with E-state index in [4.69, 9.17) is 14.2 Å². The minimum Gasteiger partial charge on any atom is -0.454 e. The molecular weight excluding hydrogens is 482 g/mol. The molecule has 0 saturated heterocycles.